The number of carboxylic acids is 1. The summed E-state index contributed by atoms with van der Waals surface area (Å²) in [5.74, 6) is -0.979. The van der Waals surface area contributed by atoms with E-state index in [9.17, 15) is 4.79 Å². The largest absolute Gasteiger partial charge is 0.476 e. The average molecular weight is 272 g/mol. The highest BCUT2D eigenvalue weighted by atomic mass is 16.4. The number of rotatable bonds is 5. The van der Waals surface area contributed by atoms with E-state index in [0.29, 0.717) is 0 Å². The van der Waals surface area contributed by atoms with Gasteiger partial charge in [0.05, 0.1) is 5.69 Å². The summed E-state index contributed by atoms with van der Waals surface area (Å²) in [5, 5.41) is 13.4. The Labute approximate surface area is 119 Å². The second-order valence-corrected chi connectivity index (χ2v) is 5.08. The Morgan fingerprint density at radius 2 is 1.95 bits per heavy atom. The number of aryl methyl sites for hydroxylation is 3. The van der Waals surface area contributed by atoms with E-state index in [1.54, 1.807) is 10.7 Å². The standard InChI is InChI=1S/C16H20N2O2/c1-4-5-9-13-10-14(16(19)20)17-18(13)15-11(2)7-6-8-12(15)3/h6-8,10H,4-5,9H2,1-3H3,(H,19,20). The quantitative estimate of drug-likeness (QED) is 0.905. The molecule has 0 radical (unpaired) electrons. The zero-order chi connectivity index (χ0) is 14.7. The highest BCUT2D eigenvalue weighted by Gasteiger charge is 2.16. The maximum atomic E-state index is 11.2. The van der Waals surface area contributed by atoms with Crippen LogP contribution in [0, 0.1) is 13.8 Å². The van der Waals surface area contributed by atoms with Crippen LogP contribution in [0.3, 0.4) is 0 Å². The van der Waals surface area contributed by atoms with Gasteiger partial charge in [0.25, 0.3) is 0 Å². The van der Waals surface area contributed by atoms with Crippen molar-refractivity contribution < 1.29 is 9.90 Å². The van der Waals surface area contributed by atoms with Crippen LogP contribution >= 0.6 is 0 Å². The molecule has 0 spiro atoms. The van der Waals surface area contributed by atoms with Gasteiger partial charge in [-0.1, -0.05) is 31.5 Å². The molecule has 0 aliphatic carbocycles. The molecule has 0 amide bonds. The van der Waals surface area contributed by atoms with Gasteiger partial charge in [-0.05, 0) is 43.9 Å². The van der Waals surface area contributed by atoms with Gasteiger partial charge in [0.2, 0.25) is 0 Å². The maximum absolute atomic E-state index is 11.2. The fourth-order valence-electron chi connectivity index (χ4n) is 2.39. The van der Waals surface area contributed by atoms with E-state index in [1.807, 2.05) is 32.0 Å². The van der Waals surface area contributed by atoms with Gasteiger partial charge in [0, 0.05) is 5.69 Å². The molecule has 0 bridgehead atoms. The highest BCUT2D eigenvalue weighted by Crippen LogP contribution is 2.22. The first kappa shape index (κ1) is 14.3. The number of carboxylic acid groups (broad SMARTS) is 1. The van der Waals surface area contributed by atoms with Crippen molar-refractivity contribution in [1.29, 1.82) is 0 Å². The van der Waals surface area contributed by atoms with E-state index in [2.05, 4.69) is 12.0 Å². The highest BCUT2D eigenvalue weighted by molar-refractivity contribution is 5.85. The van der Waals surface area contributed by atoms with Crippen molar-refractivity contribution in [1.82, 2.24) is 9.78 Å². The van der Waals surface area contributed by atoms with Crippen LogP contribution < -0.4 is 0 Å². The van der Waals surface area contributed by atoms with Crippen molar-refractivity contribution in [2.24, 2.45) is 0 Å². The summed E-state index contributed by atoms with van der Waals surface area (Å²) in [6.45, 7) is 6.17. The minimum Gasteiger partial charge on any atom is -0.476 e. The van der Waals surface area contributed by atoms with Gasteiger partial charge < -0.3 is 5.11 Å². The molecule has 20 heavy (non-hydrogen) atoms. The summed E-state index contributed by atoms with van der Waals surface area (Å²) < 4.78 is 1.80. The lowest BCUT2D eigenvalue weighted by molar-refractivity contribution is 0.0690. The summed E-state index contributed by atoms with van der Waals surface area (Å²) in [6.07, 6.45) is 2.93. The molecule has 0 atom stereocenters. The van der Waals surface area contributed by atoms with E-state index < -0.39 is 5.97 Å². The number of aromatic carboxylic acids is 1. The zero-order valence-corrected chi connectivity index (χ0v) is 12.2. The number of unbranched alkanes of at least 4 members (excludes halogenated alkanes) is 1. The lowest BCUT2D eigenvalue weighted by atomic mass is 10.1. The molecule has 1 N–H and O–H groups in total. The second kappa shape index (κ2) is 5.90. The van der Waals surface area contributed by atoms with Crippen LogP contribution in [0.1, 0.15) is 47.1 Å². The Bertz CT molecular complexity index is 609. The predicted octanol–water partition coefficient (Wildman–Crippen LogP) is 3.53. The van der Waals surface area contributed by atoms with Gasteiger partial charge in [-0.2, -0.15) is 5.10 Å². The topological polar surface area (TPSA) is 55.1 Å². The van der Waals surface area contributed by atoms with Crippen molar-refractivity contribution in [2.45, 2.75) is 40.0 Å². The van der Waals surface area contributed by atoms with E-state index >= 15 is 0 Å². The fraction of sp³-hybridized carbons (Fsp3) is 0.375. The Morgan fingerprint density at radius 1 is 1.30 bits per heavy atom. The molecule has 0 saturated carbocycles. The zero-order valence-electron chi connectivity index (χ0n) is 12.2. The molecule has 0 saturated heterocycles. The number of hydrogen-bond donors (Lipinski definition) is 1. The van der Waals surface area contributed by atoms with Gasteiger partial charge in [-0.15, -0.1) is 0 Å². The molecule has 0 aliphatic heterocycles. The Hall–Kier alpha value is -2.10. The summed E-state index contributed by atoms with van der Waals surface area (Å²) in [4.78, 5) is 11.2. The van der Waals surface area contributed by atoms with Gasteiger partial charge in [-0.25, -0.2) is 9.48 Å². The van der Waals surface area contributed by atoms with Crippen molar-refractivity contribution in [3.05, 3.63) is 46.8 Å². The monoisotopic (exact) mass is 272 g/mol. The molecule has 0 aliphatic rings. The van der Waals surface area contributed by atoms with Crippen LogP contribution in [0.25, 0.3) is 5.69 Å². The molecule has 106 valence electrons. The molecule has 0 unspecified atom stereocenters. The van der Waals surface area contributed by atoms with E-state index in [0.717, 1.165) is 41.8 Å². The number of para-hydroxylation sites is 1. The molecule has 4 heteroatoms. The van der Waals surface area contributed by atoms with E-state index in [-0.39, 0.29) is 5.69 Å². The van der Waals surface area contributed by atoms with Crippen molar-refractivity contribution >= 4 is 5.97 Å². The summed E-state index contributed by atoms with van der Waals surface area (Å²) >= 11 is 0. The van der Waals surface area contributed by atoms with Crippen LogP contribution in [0.15, 0.2) is 24.3 Å². The molecular weight excluding hydrogens is 252 g/mol. The summed E-state index contributed by atoms with van der Waals surface area (Å²) in [6, 6.07) is 7.73. The van der Waals surface area contributed by atoms with Crippen LogP contribution in [0.4, 0.5) is 0 Å². The second-order valence-electron chi connectivity index (χ2n) is 5.08. The summed E-state index contributed by atoms with van der Waals surface area (Å²) in [5.41, 5.74) is 4.26. The molecular formula is C16H20N2O2. The molecule has 1 aromatic carbocycles. The lowest BCUT2D eigenvalue weighted by Crippen LogP contribution is -2.07. The average Bonchev–Trinajstić information content (AvgIpc) is 2.80. The smallest absolute Gasteiger partial charge is 0.356 e. The third-order valence-electron chi connectivity index (χ3n) is 3.44. The number of hydrogen-bond acceptors (Lipinski definition) is 2. The maximum Gasteiger partial charge on any atom is 0.356 e. The molecule has 1 aromatic heterocycles. The molecule has 4 nitrogen and oxygen atoms in total. The fourth-order valence-corrected chi connectivity index (χ4v) is 2.39. The third kappa shape index (κ3) is 2.74. The first-order valence-electron chi connectivity index (χ1n) is 6.93. The number of benzene rings is 1. The molecule has 2 rings (SSSR count). The van der Waals surface area contributed by atoms with Crippen molar-refractivity contribution in [3.63, 3.8) is 0 Å². The normalized spacial score (nSPS) is 10.8. The van der Waals surface area contributed by atoms with E-state index in [1.165, 1.54) is 0 Å². The first-order chi connectivity index (χ1) is 9.54. The lowest BCUT2D eigenvalue weighted by Gasteiger charge is -2.13. The van der Waals surface area contributed by atoms with Gasteiger partial charge in [0.15, 0.2) is 5.69 Å². The molecule has 1 heterocycles. The molecule has 0 fully saturated rings. The number of aromatic nitrogens is 2. The number of carbonyl (C=O) groups is 1. The van der Waals surface area contributed by atoms with Gasteiger partial charge in [0.1, 0.15) is 0 Å². The van der Waals surface area contributed by atoms with Gasteiger partial charge >= 0.3 is 5.97 Å². The van der Waals surface area contributed by atoms with Crippen LogP contribution in [0.2, 0.25) is 0 Å². The van der Waals surface area contributed by atoms with Crippen molar-refractivity contribution in [2.75, 3.05) is 0 Å². The minimum atomic E-state index is -0.979. The Morgan fingerprint density at radius 3 is 2.50 bits per heavy atom. The van der Waals surface area contributed by atoms with Crippen LogP contribution in [-0.4, -0.2) is 20.9 Å². The minimum absolute atomic E-state index is 0.110. The van der Waals surface area contributed by atoms with Gasteiger partial charge in [-0.3, -0.25) is 0 Å². The predicted molar refractivity (Wildman–Crippen MR) is 78.6 cm³/mol. The Balaban J connectivity index is 2.56. The van der Waals surface area contributed by atoms with Crippen LogP contribution in [-0.2, 0) is 6.42 Å². The summed E-state index contributed by atoms with van der Waals surface area (Å²) in [7, 11) is 0. The third-order valence-corrected chi connectivity index (χ3v) is 3.44. The number of nitrogens with zero attached hydrogens (tertiary/aromatic N) is 2. The van der Waals surface area contributed by atoms with E-state index in [4.69, 9.17) is 5.11 Å². The first-order valence-corrected chi connectivity index (χ1v) is 6.93. The molecule has 2 aromatic rings. The SMILES string of the molecule is CCCCc1cc(C(=O)O)nn1-c1c(C)cccc1C. The van der Waals surface area contributed by atoms with Crippen LogP contribution in [0.5, 0.6) is 0 Å². The van der Waals surface area contributed by atoms with Crippen molar-refractivity contribution in [3.8, 4) is 5.69 Å². The Kier molecular flexibility index (Phi) is 4.23.